The van der Waals surface area contributed by atoms with Crippen LogP contribution in [0, 0.1) is 5.82 Å². The summed E-state index contributed by atoms with van der Waals surface area (Å²) in [4.78, 5) is 11.1. The molecule has 0 aliphatic heterocycles. The Kier molecular flexibility index (Phi) is 3.77. The molecular weight excluding hydrogens is 299 g/mol. The van der Waals surface area contributed by atoms with E-state index in [1.54, 1.807) is 24.3 Å². The van der Waals surface area contributed by atoms with E-state index in [0.29, 0.717) is 15.8 Å². The van der Waals surface area contributed by atoms with Crippen molar-refractivity contribution in [2.75, 3.05) is 7.11 Å². The largest absolute Gasteiger partial charge is 0.497 e. The Hall–Kier alpha value is -1.68. The molecule has 0 unspecified atom stereocenters. The average molecular weight is 309 g/mol. The van der Waals surface area contributed by atoms with Crippen LogP contribution in [0.3, 0.4) is 0 Å². The van der Waals surface area contributed by atoms with Gasteiger partial charge in [0.05, 0.1) is 7.11 Å². The summed E-state index contributed by atoms with van der Waals surface area (Å²) < 4.78 is 18.7. The summed E-state index contributed by atoms with van der Waals surface area (Å²) in [6.45, 7) is 0. The Morgan fingerprint density at radius 1 is 1.17 bits per heavy atom. The standard InChI is InChI=1S/C14H10BrFO2/c1-18-11-3-5-12(9(6-11)8-17)13-4-2-10(16)7-14(13)15/h2-8H,1H3. The number of hydrogen-bond donors (Lipinski definition) is 0. The lowest BCUT2D eigenvalue weighted by Crippen LogP contribution is -1.91. The maximum Gasteiger partial charge on any atom is 0.150 e. The van der Waals surface area contributed by atoms with Crippen LogP contribution in [0.15, 0.2) is 40.9 Å². The summed E-state index contributed by atoms with van der Waals surface area (Å²) in [5.74, 6) is 0.283. The molecule has 92 valence electrons. The second kappa shape index (κ2) is 5.31. The van der Waals surface area contributed by atoms with Gasteiger partial charge in [0.1, 0.15) is 11.6 Å². The number of aldehydes is 1. The van der Waals surface area contributed by atoms with E-state index in [1.807, 2.05) is 0 Å². The van der Waals surface area contributed by atoms with Crippen LogP contribution in [-0.4, -0.2) is 13.4 Å². The van der Waals surface area contributed by atoms with E-state index in [9.17, 15) is 9.18 Å². The number of hydrogen-bond acceptors (Lipinski definition) is 2. The van der Waals surface area contributed by atoms with Crippen molar-refractivity contribution in [1.82, 2.24) is 0 Å². The van der Waals surface area contributed by atoms with Crippen LogP contribution in [0.4, 0.5) is 4.39 Å². The first-order valence-electron chi connectivity index (χ1n) is 5.24. The van der Waals surface area contributed by atoms with Crippen LogP contribution in [-0.2, 0) is 0 Å². The first-order chi connectivity index (χ1) is 8.65. The maximum atomic E-state index is 13.0. The van der Waals surface area contributed by atoms with Crippen LogP contribution in [0.25, 0.3) is 11.1 Å². The van der Waals surface area contributed by atoms with Crippen LogP contribution >= 0.6 is 15.9 Å². The Labute approximate surface area is 113 Å². The molecular formula is C14H10BrFO2. The molecule has 0 atom stereocenters. The van der Waals surface area contributed by atoms with Gasteiger partial charge in [0.15, 0.2) is 6.29 Å². The van der Waals surface area contributed by atoms with E-state index in [1.165, 1.54) is 19.2 Å². The van der Waals surface area contributed by atoms with Crippen LogP contribution in [0.5, 0.6) is 5.75 Å². The molecule has 0 saturated carbocycles. The van der Waals surface area contributed by atoms with Gasteiger partial charge in [0.2, 0.25) is 0 Å². The van der Waals surface area contributed by atoms with Crippen molar-refractivity contribution in [3.05, 3.63) is 52.3 Å². The quantitative estimate of drug-likeness (QED) is 0.799. The van der Waals surface area contributed by atoms with Gasteiger partial charge in [0, 0.05) is 10.0 Å². The molecule has 18 heavy (non-hydrogen) atoms. The Balaban J connectivity index is 2.59. The van der Waals surface area contributed by atoms with Gasteiger partial charge in [-0.15, -0.1) is 0 Å². The molecule has 0 fully saturated rings. The van der Waals surface area contributed by atoms with Gasteiger partial charge in [-0.1, -0.05) is 22.0 Å². The van der Waals surface area contributed by atoms with Gasteiger partial charge >= 0.3 is 0 Å². The molecule has 0 saturated heterocycles. The molecule has 0 spiro atoms. The fourth-order valence-corrected chi connectivity index (χ4v) is 2.28. The molecule has 0 aliphatic rings. The van der Waals surface area contributed by atoms with Crippen molar-refractivity contribution in [3.63, 3.8) is 0 Å². The van der Waals surface area contributed by atoms with Gasteiger partial charge in [-0.25, -0.2) is 4.39 Å². The maximum absolute atomic E-state index is 13.0. The van der Waals surface area contributed by atoms with Crippen LogP contribution < -0.4 is 4.74 Å². The Morgan fingerprint density at radius 2 is 1.89 bits per heavy atom. The highest BCUT2D eigenvalue weighted by atomic mass is 79.9. The Bertz CT molecular complexity index is 596. The van der Waals surface area contributed by atoms with E-state index in [0.717, 1.165) is 17.4 Å². The van der Waals surface area contributed by atoms with Gasteiger partial charge in [-0.3, -0.25) is 4.79 Å². The highest BCUT2D eigenvalue weighted by Gasteiger charge is 2.10. The third-order valence-corrected chi connectivity index (χ3v) is 3.26. The van der Waals surface area contributed by atoms with E-state index < -0.39 is 0 Å². The molecule has 0 aromatic heterocycles. The van der Waals surface area contributed by atoms with Crippen molar-refractivity contribution in [2.24, 2.45) is 0 Å². The molecule has 2 nitrogen and oxygen atoms in total. The number of carbonyl (C=O) groups is 1. The number of methoxy groups -OCH3 is 1. The molecule has 0 N–H and O–H groups in total. The summed E-state index contributed by atoms with van der Waals surface area (Å²) in [6, 6.07) is 9.55. The van der Waals surface area contributed by atoms with Crippen molar-refractivity contribution in [1.29, 1.82) is 0 Å². The number of rotatable bonds is 3. The minimum atomic E-state index is -0.327. The first kappa shape index (κ1) is 12.8. The zero-order chi connectivity index (χ0) is 13.1. The summed E-state index contributed by atoms with van der Waals surface area (Å²) in [7, 11) is 1.54. The first-order valence-corrected chi connectivity index (χ1v) is 6.03. The SMILES string of the molecule is COc1ccc(-c2ccc(F)cc2Br)c(C=O)c1. The summed E-state index contributed by atoms with van der Waals surface area (Å²) in [5.41, 5.74) is 2.00. The zero-order valence-corrected chi connectivity index (χ0v) is 11.2. The normalized spacial score (nSPS) is 10.2. The van der Waals surface area contributed by atoms with Crippen molar-refractivity contribution in [3.8, 4) is 16.9 Å². The number of benzene rings is 2. The van der Waals surface area contributed by atoms with Gasteiger partial charge in [-0.05, 0) is 41.5 Å². The van der Waals surface area contributed by atoms with E-state index in [4.69, 9.17) is 4.74 Å². The van der Waals surface area contributed by atoms with E-state index in [2.05, 4.69) is 15.9 Å². The van der Waals surface area contributed by atoms with Gasteiger partial charge in [-0.2, -0.15) is 0 Å². The molecule has 0 bridgehead atoms. The van der Waals surface area contributed by atoms with E-state index >= 15 is 0 Å². The Morgan fingerprint density at radius 3 is 2.50 bits per heavy atom. The topological polar surface area (TPSA) is 26.3 Å². The number of ether oxygens (including phenoxy) is 1. The second-order valence-corrected chi connectivity index (χ2v) is 4.55. The van der Waals surface area contributed by atoms with Gasteiger partial charge in [0.25, 0.3) is 0 Å². The lowest BCUT2D eigenvalue weighted by Gasteiger charge is -2.09. The van der Waals surface area contributed by atoms with Crippen LogP contribution in [0.1, 0.15) is 10.4 Å². The summed E-state index contributed by atoms with van der Waals surface area (Å²) in [6.07, 6.45) is 0.758. The minimum Gasteiger partial charge on any atom is -0.497 e. The highest BCUT2D eigenvalue weighted by molar-refractivity contribution is 9.10. The molecule has 0 radical (unpaired) electrons. The van der Waals surface area contributed by atoms with Gasteiger partial charge < -0.3 is 4.74 Å². The fraction of sp³-hybridized carbons (Fsp3) is 0.0714. The predicted octanol–water partition coefficient (Wildman–Crippen LogP) is 4.08. The average Bonchev–Trinajstić information content (AvgIpc) is 2.38. The zero-order valence-electron chi connectivity index (χ0n) is 9.61. The lowest BCUT2D eigenvalue weighted by atomic mass is 10.00. The van der Waals surface area contributed by atoms with Crippen molar-refractivity contribution in [2.45, 2.75) is 0 Å². The molecule has 2 aromatic rings. The van der Waals surface area contributed by atoms with Crippen LogP contribution in [0.2, 0.25) is 0 Å². The smallest absolute Gasteiger partial charge is 0.150 e. The lowest BCUT2D eigenvalue weighted by molar-refractivity contribution is 0.112. The van der Waals surface area contributed by atoms with E-state index in [-0.39, 0.29) is 5.82 Å². The fourth-order valence-electron chi connectivity index (χ4n) is 1.72. The highest BCUT2D eigenvalue weighted by Crippen LogP contribution is 2.32. The second-order valence-electron chi connectivity index (χ2n) is 3.70. The molecule has 2 aromatic carbocycles. The molecule has 4 heteroatoms. The molecule has 0 heterocycles. The minimum absolute atomic E-state index is 0.327. The monoisotopic (exact) mass is 308 g/mol. The number of carbonyl (C=O) groups excluding carboxylic acids is 1. The summed E-state index contributed by atoms with van der Waals surface area (Å²) in [5, 5.41) is 0. The van der Waals surface area contributed by atoms with Crippen molar-refractivity contribution < 1.29 is 13.9 Å². The van der Waals surface area contributed by atoms with Crippen molar-refractivity contribution >= 4 is 22.2 Å². The third-order valence-electron chi connectivity index (χ3n) is 2.61. The third kappa shape index (κ3) is 2.43. The molecule has 0 aliphatic carbocycles. The molecule has 2 rings (SSSR count). The summed E-state index contributed by atoms with van der Waals surface area (Å²) >= 11 is 3.30. The molecule has 0 amide bonds. The predicted molar refractivity (Wildman–Crippen MR) is 71.5 cm³/mol. The number of halogens is 2.